The highest BCUT2D eigenvalue weighted by molar-refractivity contribution is 5.91. The molecule has 0 atom stereocenters. The Morgan fingerprint density at radius 3 is 2.58 bits per heavy atom. The zero-order chi connectivity index (χ0) is 17.5. The van der Waals surface area contributed by atoms with Crippen LogP contribution in [0, 0.1) is 0 Å². The molecule has 0 unspecified atom stereocenters. The largest absolute Gasteiger partial charge is 0.465 e. The maximum atomic E-state index is 12.5. The van der Waals surface area contributed by atoms with Gasteiger partial charge in [0.25, 0.3) is 0 Å². The minimum Gasteiger partial charge on any atom is -0.465 e. The van der Waals surface area contributed by atoms with E-state index in [-0.39, 0.29) is 11.9 Å². The molecule has 0 N–H and O–H groups in total. The highest BCUT2D eigenvalue weighted by Gasteiger charge is 2.21. The Balaban J connectivity index is 1.93. The molecule has 0 saturated carbocycles. The van der Waals surface area contributed by atoms with Gasteiger partial charge in [0.1, 0.15) is 0 Å². The first-order valence-corrected chi connectivity index (χ1v) is 8.71. The quantitative estimate of drug-likeness (QED) is 0.777. The standard InChI is InChI=1S/C19H28N2O3/c1-15(2)20-11-6-12-21(14-13-20)18(22)10-9-16-7-4-5-8-17(16)19(23)24-3/h4-5,7-8,15H,6,9-14H2,1-3H3. The Morgan fingerprint density at radius 1 is 1.12 bits per heavy atom. The van der Waals surface area contributed by atoms with Crippen molar-refractivity contribution in [3.63, 3.8) is 0 Å². The van der Waals surface area contributed by atoms with Gasteiger partial charge in [-0.2, -0.15) is 0 Å². The van der Waals surface area contributed by atoms with E-state index in [0.29, 0.717) is 24.4 Å². The number of carbonyl (C=O) groups is 2. The lowest BCUT2D eigenvalue weighted by atomic mass is 10.0. The van der Waals surface area contributed by atoms with Gasteiger partial charge in [0.15, 0.2) is 0 Å². The average Bonchev–Trinajstić information content (AvgIpc) is 2.85. The van der Waals surface area contributed by atoms with Crippen molar-refractivity contribution in [1.29, 1.82) is 0 Å². The molecular weight excluding hydrogens is 304 g/mol. The van der Waals surface area contributed by atoms with Crippen molar-refractivity contribution in [2.45, 2.75) is 39.2 Å². The van der Waals surface area contributed by atoms with Crippen LogP contribution >= 0.6 is 0 Å². The van der Waals surface area contributed by atoms with Crippen molar-refractivity contribution >= 4 is 11.9 Å². The average molecular weight is 332 g/mol. The molecule has 0 spiro atoms. The van der Waals surface area contributed by atoms with Gasteiger partial charge in [0, 0.05) is 38.6 Å². The lowest BCUT2D eigenvalue weighted by Gasteiger charge is -2.25. The molecule has 0 aromatic heterocycles. The molecule has 0 bridgehead atoms. The zero-order valence-corrected chi connectivity index (χ0v) is 15.0. The molecule has 1 aromatic carbocycles. The first-order valence-electron chi connectivity index (χ1n) is 8.71. The van der Waals surface area contributed by atoms with Gasteiger partial charge in [-0.15, -0.1) is 0 Å². The van der Waals surface area contributed by atoms with Crippen LogP contribution in [0.3, 0.4) is 0 Å². The van der Waals surface area contributed by atoms with Gasteiger partial charge in [0.05, 0.1) is 12.7 Å². The first kappa shape index (κ1) is 18.5. The van der Waals surface area contributed by atoms with Gasteiger partial charge in [0.2, 0.25) is 5.91 Å². The Hall–Kier alpha value is -1.88. The number of ether oxygens (including phenoxy) is 1. The van der Waals surface area contributed by atoms with Gasteiger partial charge in [-0.05, 0) is 38.3 Å². The van der Waals surface area contributed by atoms with Crippen LogP contribution in [-0.2, 0) is 16.0 Å². The highest BCUT2D eigenvalue weighted by Crippen LogP contribution is 2.14. The van der Waals surface area contributed by atoms with Crippen molar-refractivity contribution in [2.75, 3.05) is 33.3 Å². The summed E-state index contributed by atoms with van der Waals surface area (Å²) in [4.78, 5) is 28.7. The van der Waals surface area contributed by atoms with E-state index in [4.69, 9.17) is 4.74 Å². The fraction of sp³-hybridized carbons (Fsp3) is 0.579. The summed E-state index contributed by atoms with van der Waals surface area (Å²) in [6.07, 6.45) is 2.01. The summed E-state index contributed by atoms with van der Waals surface area (Å²) in [7, 11) is 1.38. The second kappa shape index (κ2) is 8.83. The van der Waals surface area contributed by atoms with Gasteiger partial charge < -0.3 is 9.64 Å². The molecule has 1 aliphatic rings. The third-order valence-electron chi connectivity index (χ3n) is 4.64. The molecule has 1 amide bonds. The van der Waals surface area contributed by atoms with Crippen molar-refractivity contribution < 1.29 is 14.3 Å². The molecular formula is C19H28N2O3. The lowest BCUT2D eigenvalue weighted by Crippen LogP contribution is -2.37. The monoisotopic (exact) mass is 332 g/mol. The number of aryl methyl sites for hydroxylation is 1. The molecule has 1 heterocycles. The number of carbonyl (C=O) groups excluding carboxylic acids is 2. The zero-order valence-electron chi connectivity index (χ0n) is 15.0. The fourth-order valence-electron chi connectivity index (χ4n) is 3.15. The molecule has 1 aliphatic heterocycles. The van der Waals surface area contributed by atoms with Crippen LogP contribution in [0.5, 0.6) is 0 Å². The summed E-state index contributed by atoms with van der Waals surface area (Å²) < 4.78 is 4.81. The number of rotatable bonds is 5. The van der Waals surface area contributed by atoms with Gasteiger partial charge >= 0.3 is 5.97 Å². The van der Waals surface area contributed by atoms with E-state index < -0.39 is 0 Å². The number of amides is 1. The van der Waals surface area contributed by atoms with Crippen molar-refractivity contribution in [3.05, 3.63) is 35.4 Å². The summed E-state index contributed by atoms with van der Waals surface area (Å²) in [5.74, 6) is -0.180. The predicted octanol–water partition coefficient (Wildman–Crippen LogP) is 2.35. The van der Waals surface area contributed by atoms with E-state index in [1.165, 1.54) is 7.11 Å². The number of nitrogens with zero attached hydrogens (tertiary/aromatic N) is 2. The van der Waals surface area contributed by atoms with Crippen LogP contribution in [-0.4, -0.2) is 61.0 Å². The number of methoxy groups -OCH3 is 1. The number of benzene rings is 1. The summed E-state index contributed by atoms with van der Waals surface area (Å²) in [6, 6.07) is 7.86. The first-order chi connectivity index (χ1) is 11.5. The molecule has 2 rings (SSSR count). The maximum Gasteiger partial charge on any atom is 0.338 e. The Kier molecular flexibility index (Phi) is 6.79. The van der Waals surface area contributed by atoms with Crippen molar-refractivity contribution in [1.82, 2.24) is 9.80 Å². The normalized spacial score (nSPS) is 16.1. The summed E-state index contributed by atoms with van der Waals surface area (Å²) in [6.45, 7) is 7.98. The molecule has 1 saturated heterocycles. The SMILES string of the molecule is COC(=O)c1ccccc1CCC(=O)N1CCCN(C(C)C)CC1. The van der Waals surface area contributed by atoms with Crippen LogP contribution in [0.2, 0.25) is 0 Å². The number of hydrogen-bond donors (Lipinski definition) is 0. The fourth-order valence-corrected chi connectivity index (χ4v) is 3.15. The van der Waals surface area contributed by atoms with E-state index in [9.17, 15) is 9.59 Å². The Morgan fingerprint density at radius 2 is 1.88 bits per heavy atom. The highest BCUT2D eigenvalue weighted by atomic mass is 16.5. The molecule has 5 heteroatoms. The second-order valence-corrected chi connectivity index (χ2v) is 6.51. The van der Waals surface area contributed by atoms with E-state index in [1.54, 1.807) is 6.07 Å². The smallest absolute Gasteiger partial charge is 0.338 e. The second-order valence-electron chi connectivity index (χ2n) is 6.51. The third kappa shape index (κ3) is 4.81. The molecule has 1 aromatic rings. The summed E-state index contributed by atoms with van der Waals surface area (Å²) >= 11 is 0. The van der Waals surface area contributed by atoms with Gasteiger partial charge in [-0.1, -0.05) is 18.2 Å². The van der Waals surface area contributed by atoms with Crippen LogP contribution < -0.4 is 0 Å². The molecule has 5 nitrogen and oxygen atoms in total. The van der Waals surface area contributed by atoms with Gasteiger partial charge in [-0.25, -0.2) is 4.79 Å². The van der Waals surface area contributed by atoms with Crippen LogP contribution in [0.15, 0.2) is 24.3 Å². The van der Waals surface area contributed by atoms with Crippen LogP contribution in [0.25, 0.3) is 0 Å². The number of esters is 1. The number of hydrogen-bond acceptors (Lipinski definition) is 4. The maximum absolute atomic E-state index is 12.5. The minimum atomic E-state index is -0.347. The topological polar surface area (TPSA) is 49.9 Å². The van der Waals surface area contributed by atoms with Crippen LogP contribution in [0.1, 0.15) is 42.6 Å². The Labute approximate surface area is 144 Å². The third-order valence-corrected chi connectivity index (χ3v) is 4.64. The molecule has 132 valence electrons. The molecule has 0 aliphatic carbocycles. The molecule has 0 radical (unpaired) electrons. The predicted molar refractivity (Wildman–Crippen MR) is 94.0 cm³/mol. The minimum absolute atomic E-state index is 0.167. The van der Waals surface area contributed by atoms with E-state index >= 15 is 0 Å². The summed E-state index contributed by atoms with van der Waals surface area (Å²) in [5, 5.41) is 0. The lowest BCUT2D eigenvalue weighted by molar-refractivity contribution is -0.131. The molecule has 1 fully saturated rings. The Bertz CT molecular complexity index is 571. The summed E-state index contributed by atoms with van der Waals surface area (Å²) in [5.41, 5.74) is 1.42. The van der Waals surface area contributed by atoms with Crippen molar-refractivity contribution in [2.24, 2.45) is 0 Å². The van der Waals surface area contributed by atoms with Gasteiger partial charge in [-0.3, -0.25) is 9.69 Å². The van der Waals surface area contributed by atoms with Crippen LogP contribution in [0.4, 0.5) is 0 Å². The molecule has 24 heavy (non-hydrogen) atoms. The van der Waals surface area contributed by atoms with E-state index in [2.05, 4.69) is 18.7 Å². The van der Waals surface area contributed by atoms with E-state index in [1.807, 2.05) is 23.1 Å². The van der Waals surface area contributed by atoms with Crippen molar-refractivity contribution in [3.8, 4) is 0 Å². The van der Waals surface area contributed by atoms with E-state index in [0.717, 1.165) is 38.2 Å².